The second-order valence-electron chi connectivity index (χ2n) is 9.26. The van der Waals surface area contributed by atoms with Gasteiger partial charge in [-0.3, -0.25) is 19.6 Å². The van der Waals surface area contributed by atoms with Gasteiger partial charge in [0.05, 0.1) is 26.3 Å². The Labute approximate surface area is 212 Å². The molecule has 0 aromatic carbocycles. The molecule has 0 aliphatic carbocycles. The zero-order valence-corrected chi connectivity index (χ0v) is 22.8. The lowest BCUT2D eigenvalue weighted by atomic mass is 10.2. The number of guanidine groups is 1. The van der Waals surface area contributed by atoms with Gasteiger partial charge < -0.3 is 19.9 Å². The molecule has 3 aliphatic heterocycles. The number of ether oxygens (including phenoxy) is 1. The fourth-order valence-electron chi connectivity index (χ4n) is 4.87. The third-order valence-electron chi connectivity index (χ3n) is 6.81. The highest BCUT2D eigenvalue weighted by Gasteiger charge is 2.26. The van der Waals surface area contributed by atoms with Crippen molar-refractivity contribution in [3.05, 3.63) is 0 Å². The number of aliphatic imine (C=N–C) groups is 1. The van der Waals surface area contributed by atoms with Crippen molar-refractivity contribution in [3.63, 3.8) is 0 Å². The number of morpholine rings is 1. The minimum Gasteiger partial charge on any atom is -0.379 e. The largest absolute Gasteiger partial charge is 0.379 e. The molecule has 8 nitrogen and oxygen atoms in total. The molecule has 0 saturated carbocycles. The van der Waals surface area contributed by atoms with E-state index in [1.54, 1.807) is 0 Å². The van der Waals surface area contributed by atoms with E-state index >= 15 is 0 Å². The Balaban J connectivity index is 0.00000363. The van der Waals surface area contributed by atoms with Crippen LogP contribution in [0.2, 0.25) is 0 Å². The summed E-state index contributed by atoms with van der Waals surface area (Å²) in [4.78, 5) is 26.9. The quantitative estimate of drug-likeness (QED) is 0.301. The average molecular weight is 565 g/mol. The van der Waals surface area contributed by atoms with E-state index in [4.69, 9.17) is 9.73 Å². The molecule has 0 aromatic heterocycles. The van der Waals surface area contributed by atoms with Crippen LogP contribution in [-0.4, -0.2) is 122 Å². The van der Waals surface area contributed by atoms with Crippen LogP contribution < -0.4 is 5.32 Å². The van der Waals surface area contributed by atoms with Gasteiger partial charge in [-0.2, -0.15) is 0 Å². The molecule has 186 valence electrons. The first kappa shape index (κ1) is 27.6. The summed E-state index contributed by atoms with van der Waals surface area (Å²) in [6.07, 6.45) is 4.84. The van der Waals surface area contributed by atoms with Crippen LogP contribution in [0.1, 0.15) is 46.5 Å². The molecular weight excluding hydrogens is 519 g/mol. The number of carbonyl (C=O) groups is 1. The maximum absolute atomic E-state index is 12.7. The van der Waals surface area contributed by atoms with E-state index in [2.05, 4.69) is 45.7 Å². The van der Waals surface area contributed by atoms with Crippen molar-refractivity contribution >= 4 is 35.8 Å². The molecule has 0 radical (unpaired) electrons. The lowest BCUT2D eigenvalue weighted by molar-refractivity contribution is -0.132. The van der Waals surface area contributed by atoms with Gasteiger partial charge in [-0.25, -0.2) is 0 Å². The summed E-state index contributed by atoms with van der Waals surface area (Å²) in [5.41, 5.74) is 0. The van der Waals surface area contributed by atoms with Gasteiger partial charge >= 0.3 is 0 Å². The van der Waals surface area contributed by atoms with Crippen molar-refractivity contribution in [1.29, 1.82) is 0 Å². The Morgan fingerprint density at radius 1 is 1.03 bits per heavy atom. The Bertz CT molecular complexity index is 577. The molecule has 2 atom stereocenters. The molecule has 3 heterocycles. The molecule has 0 spiro atoms. The van der Waals surface area contributed by atoms with Crippen LogP contribution in [0.25, 0.3) is 0 Å². The number of likely N-dealkylation sites (tertiary alicyclic amines) is 1. The summed E-state index contributed by atoms with van der Waals surface area (Å²) in [6, 6.07) is 0.854. The number of rotatable bonds is 6. The van der Waals surface area contributed by atoms with E-state index in [0.29, 0.717) is 24.5 Å². The fourth-order valence-corrected chi connectivity index (χ4v) is 4.87. The summed E-state index contributed by atoms with van der Waals surface area (Å²) in [5.74, 6) is 1.32. The number of nitrogens with one attached hydrogen (secondary N) is 1. The molecule has 2 unspecified atom stereocenters. The highest BCUT2D eigenvalue weighted by atomic mass is 127. The molecule has 0 aromatic rings. The summed E-state index contributed by atoms with van der Waals surface area (Å²) in [5, 5.41) is 3.48. The topological polar surface area (TPSA) is 63.7 Å². The minimum atomic E-state index is 0. The number of nitrogens with zero attached hydrogens (tertiary/aromatic N) is 5. The first-order valence-electron chi connectivity index (χ1n) is 12.5. The van der Waals surface area contributed by atoms with Crippen LogP contribution in [0.5, 0.6) is 0 Å². The maximum Gasteiger partial charge on any atom is 0.236 e. The minimum absolute atomic E-state index is 0. The number of carbonyl (C=O) groups excluding carboxylic acids is 1. The van der Waals surface area contributed by atoms with Crippen molar-refractivity contribution in [3.8, 4) is 0 Å². The Kier molecular flexibility index (Phi) is 12.6. The van der Waals surface area contributed by atoms with Gasteiger partial charge in [-0.15, -0.1) is 24.0 Å². The van der Waals surface area contributed by atoms with Crippen molar-refractivity contribution in [1.82, 2.24) is 24.9 Å². The highest BCUT2D eigenvalue weighted by Crippen LogP contribution is 2.13. The van der Waals surface area contributed by atoms with Gasteiger partial charge in [0.1, 0.15) is 0 Å². The number of amides is 1. The summed E-state index contributed by atoms with van der Waals surface area (Å²) >= 11 is 0. The van der Waals surface area contributed by atoms with Gasteiger partial charge in [0.2, 0.25) is 5.91 Å². The smallest absolute Gasteiger partial charge is 0.236 e. The lowest BCUT2D eigenvalue weighted by Gasteiger charge is -2.38. The second kappa shape index (κ2) is 14.6. The molecule has 3 saturated heterocycles. The van der Waals surface area contributed by atoms with Crippen LogP contribution in [0.4, 0.5) is 0 Å². The van der Waals surface area contributed by atoms with Crippen molar-refractivity contribution in [2.24, 2.45) is 4.99 Å². The van der Waals surface area contributed by atoms with E-state index in [0.717, 1.165) is 90.9 Å². The van der Waals surface area contributed by atoms with Gasteiger partial charge in [0.25, 0.3) is 0 Å². The third-order valence-corrected chi connectivity index (χ3v) is 6.81. The Hall–Kier alpha value is -0.650. The molecule has 32 heavy (non-hydrogen) atoms. The van der Waals surface area contributed by atoms with Crippen LogP contribution >= 0.6 is 24.0 Å². The van der Waals surface area contributed by atoms with Crippen molar-refractivity contribution in [2.75, 3.05) is 78.7 Å². The number of hydrogen-bond donors (Lipinski definition) is 1. The fraction of sp³-hybridized carbons (Fsp3) is 0.913. The zero-order chi connectivity index (χ0) is 22.1. The SMILES string of the molecule is CCNC(=NCC(C)N1CCOCC1C)N1CCN(CC(=O)N2CCCCCC2)CC1.I. The molecule has 1 N–H and O–H groups in total. The number of halogens is 1. The van der Waals surface area contributed by atoms with Gasteiger partial charge in [0.15, 0.2) is 5.96 Å². The molecule has 3 rings (SSSR count). The first-order chi connectivity index (χ1) is 15.1. The van der Waals surface area contributed by atoms with Gasteiger partial charge in [-0.1, -0.05) is 12.8 Å². The first-order valence-corrected chi connectivity index (χ1v) is 12.5. The van der Waals surface area contributed by atoms with Crippen LogP contribution in [0.3, 0.4) is 0 Å². The predicted molar refractivity (Wildman–Crippen MR) is 141 cm³/mol. The summed E-state index contributed by atoms with van der Waals surface area (Å²) in [7, 11) is 0. The monoisotopic (exact) mass is 564 g/mol. The summed E-state index contributed by atoms with van der Waals surface area (Å²) in [6.45, 7) is 17.0. The molecular formula is C23H45IN6O2. The van der Waals surface area contributed by atoms with E-state index in [1.807, 2.05) is 0 Å². The van der Waals surface area contributed by atoms with Gasteiger partial charge in [0, 0.05) is 64.4 Å². The lowest BCUT2D eigenvalue weighted by Crippen LogP contribution is -2.54. The number of hydrogen-bond acceptors (Lipinski definition) is 5. The Morgan fingerprint density at radius 3 is 2.34 bits per heavy atom. The molecule has 0 bridgehead atoms. The normalized spacial score (nSPS) is 25.1. The van der Waals surface area contributed by atoms with E-state index in [-0.39, 0.29) is 24.0 Å². The van der Waals surface area contributed by atoms with Crippen LogP contribution in [0, 0.1) is 0 Å². The molecule has 3 aliphatic rings. The molecule has 9 heteroatoms. The number of piperazine rings is 1. The second-order valence-corrected chi connectivity index (χ2v) is 9.26. The van der Waals surface area contributed by atoms with Crippen molar-refractivity contribution < 1.29 is 9.53 Å². The zero-order valence-electron chi connectivity index (χ0n) is 20.4. The molecule has 1 amide bonds. The van der Waals surface area contributed by atoms with Crippen LogP contribution in [0.15, 0.2) is 4.99 Å². The standard InChI is InChI=1S/C23H44N6O2.HI/c1-4-24-23(25-17-20(2)29-15-16-31-19-21(29)3)28-13-11-26(12-14-28)18-22(30)27-9-7-5-6-8-10-27;/h20-21H,4-19H2,1-3H3,(H,24,25);1H. The van der Waals surface area contributed by atoms with E-state index in [1.165, 1.54) is 12.8 Å². The van der Waals surface area contributed by atoms with Gasteiger partial charge in [-0.05, 0) is 33.6 Å². The predicted octanol–water partition coefficient (Wildman–Crippen LogP) is 1.70. The Morgan fingerprint density at radius 2 is 1.72 bits per heavy atom. The molecule has 3 fully saturated rings. The van der Waals surface area contributed by atoms with Crippen molar-refractivity contribution in [2.45, 2.75) is 58.5 Å². The third kappa shape index (κ3) is 8.29. The highest BCUT2D eigenvalue weighted by molar-refractivity contribution is 14.0. The van der Waals surface area contributed by atoms with E-state index in [9.17, 15) is 4.79 Å². The average Bonchev–Trinajstić information content (AvgIpc) is 3.07. The summed E-state index contributed by atoms with van der Waals surface area (Å²) < 4.78 is 5.57. The maximum atomic E-state index is 12.7. The van der Waals surface area contributed by atoms with E-state index < -0.39 is 0 Å². The van der Waals surface area contributed by atoms with Crippen LogP contribution in [-0.2, 0) is 9.53 Å².